The molecule has 0 unspecified atom stereocenters. The molecule has 0 bridgehead atoms. The lowest BCUT2D eigenvalue weighted by Gasteiger charge is -2.05. The average Bonchev–Trinajstić information content (AvgIpc) is 2.38. The molecule has 0 saturated carbocycles. The fourth-order valence-electron chi connectivity index (χ4n) is 2.11. The molecule has 0 saturated heterocycles. The van der Waals surface area contributed by atoms with E-state index >= 15 is 0 Å². The highest BCUT2D eigenvalue weighted by Gasteiger charge is 2.15. The predicted molar refractivity (Wildman–Crippen MR) is 64.8 cm³/mol. The van der Waals surface area contributed by atoms with Gasteiger partial charge >= 0.3 is 0 Å². The molecular formula is C13H12N3O+. The maximum atomic E-state index is 5.41. The van der Waals surface area contributed by atoms with E-state index in [1.165, 1.54) is 0 Å². The summed E-state index contributed by atoms with van der Waals surface area (Å²) in [7, 11) is 3.67. The molecule has 0 fully saturated rings. The van der Waals surface area contributed by atoms with E-state index in [1.807, 2.05) is 36.0 Å². The van der Waals surface area contributed by atoms with Crippen molar-refractivity contribution in [1.82, 2.24) is 9.97 Å². The van der Waals surface area contributed by atoms with E-state index in [-0.39, 0.29) is 0 Å². The molecule has 4 heteroatoms. The van der Waals surface area contributed by atoms with Crippen molar-refractivity contribution >= 4 is 21.9 Å². The molecular weight excluding hydrogens is 214 g/mol. The Morgan fingerprint density at radius 1 is 1.06 bits per heavy atom. The Bertz CT molecular complexity index is 709. The van der Waals surface area contributed by atoms with E-state index in [1.54, 1.807) is 19.5 Å². The lowest BCUT2D eigenvalue weighted by molar-refractivity contribution is -0.644. The molecule has 4 nitrogen and oxygen atoms in total. The zero-order chi connectivity index (χ0) is 11.8. The van der Waals surface area contributed by atoms with Gasteiger partial charge < -0.3 is 4.74 Å². The van der Waals surface area contributed by atoms with Crippen LogP contribution in [0.4, 0.5) is 0 Å². The van der Waals surface area contributed by atoms with E-state index < -0.39 is 0 Å². The van der Waals surface area contributed by atoms with Crippen molar-refractivity contribution in [2.45, 2.75) is 0 Å². The van der Waals surface area contributed by atoms with Crippen LogP contribution in [0.25, 0.3) is 21.9 Å². The van der Waals surface area contributed by atoms with Gasteiger partial charge in [0.15, 0.2) is 6.20 Å². The summed E-state index contributed by atoms with van der Waals surface area (Å²) in [6.45, 7) is 0. The molecule has 2 aromatic heterocycles. The van der Waals surface area contributed by atoms with Crippen LogP contribution in [0.2, 0.25) is 0 Å². The largest absolute Gasteiger partial charge is 0.496 e. The van der Waals surface area contributed by atoms with Crippen LogP contribution in [0, 0.1) is 0 Å². The van der Waals surface area contributed by atoms with E-state index in [0.717, 1.165) is 27.7 Å². The van der Waals surface area contributed by atoms with Crippen molar-refractivity contribution in [1.29, 1.82) is 0 Å². The fraction of sp³-hybridized carbons (Fsp3) is 0.154. The number of nitrogens with zero attached hydrogens (tertiary/aromatic N) is 3. The summed E-state index contributed by atoms with van der Waals surface area (Å²) < 4.78 is 7.45. The van der Waals surface area contributed by atoms with Crippen molar-refractivity contribution in [2.24, 2.45) is 7.05 Å². The zero-order valence-electron chi connectivity index (χ0n) is 9.71. The van der Waals surface area contributed by atoms with Gasteiger partial charge in [0.25, 0.3) is 0 Å². The minimum atomic E-state index is 0.823. The van der Waals surface area contributed by atoms with Crippen LogP contribution in [-0.2, 0) is 7.05 Å². The first-order valence-corrected chi connectivity index (χ1v) is 5.37. The highest BCUT2D eigenvalue weighted by Crippen LogP contribution is 2.28. The lowest BCUT2D eigenvalue weighted by atomic mass is 10.1. The molecule has 0 amide bonds. The van der Waals surface area contributed by atoms with Crippen LogP contribution in [0.3, 0.4) is 0 Å². The molecule has 0 aliphatic heterocycles. The molecule has 84 valence electrons. The number of hydrogen-bond donors (Lipinski definition) is 0. The Morgan fingerprint density at radius 3 is 2.65 bits per heavy atom. The normalized spacial score (nSPS) is 10.9. The van der Waals surface area contributed by atoms with Crippen molar-refractivity contribution < 1.29 is 9.30 Å². The molecule has 0 N–H and O–H groups in total. The number of aryl methyl sites for hydroxylation is 1. The Kier molecular flexibility index (Phi) is 2.14. The third-order valence-corrected chi connectivity index (χ3v) is 2.90. The Balaban J connectivity index is 2.61. The van der Waals surface area contributed by atoms with Crippen LogP contribution in [-0.4, -0.2) is 17.1 Å². The first-order valence-electron chi connectivity index (χ1n) is 5.37. The van der Waals surface area contributed by atoms with Crippen LogP contribution in [0.15, 0.2) is 36.8 Å². The van der Waals surface area contributed by atoms with Gasteiger partial charge in [-0.3, -0.25) is 4.98 Å². The number of benzene rings is 1. The average molecular weight is 226 g/mol. The molecule has 2 heterocycles. The van der Waals surface area contributed by atoms with Gasteiger partial charge in [-0.25, -0.2) is 4.98 Å². The maximum absolute atomic E-state index is 5.41. The summed E-state index contributed by atoms with van der Waals surface area (Å²) in [6, 6.07) is 5.81. The monoisotopic (exact) mass is 226 g/mol. The number of ether oxygens (including phenoxy) is 1. The van der Waals surface area contributed by atoms with Crippen molar-refractivity contribution in [3.63, 3.8) is 0 Å². The first kappa shape index (κ1) is 9.96. The first-order chi connectivity index (χ1) is 8.31. The fourth-order valence-corrected chi connectivity index (χ4v) is 2.11. The van der Waals surface area contributed by atoms with Gasteiger partial charge in [-0.15, -0.1) is 0 Å². The number of aromatic nitrogens is 3. The number of pyridine rings is 1. The third kappa shape index (κ3) is 1.41. The van der Waals surface area contributed by atoms with Gasteiger partial charge in [-0.05, 0) is 18.2 Å². The van der Waals surface area contributed by atoms with Crippen molar-refractivity contribution in [3.05, 3.63) is 36.8 Å². The smallest absolute Gasteiger partial charge is 0.244 e. The van der Waals surface area contributed by atoms with E-state index in [2.05, 4.69) is 9.97 Å². The highest BCUT2D eigenvalue weighted by atomic mass is 16.5. The summed E-state index contributed by atoms with van der Waals surface area (Å²) in [5.74, 6) is 0.823. The van der Waals surface area contributed by atoms with E-state index in [0.29, 0.717) is 0 Å². The van der Waals surface area contributed by atoms with Crippen molar-refractivity contribution in [3.8, 4) is 5.75 Å². The second-order valence-electron chi connectivity index (χ2n) is 3.88. The second kappa shape index (κ2) is 3.66. The van der Waals surface area contributed by atoms with Crippen LogP contribution < -0.4 is 9.30 Å². The summed E-state index contributed by atoms with van der Waals surface area (Å²) >= 11 is 0. The molecule has 0 spiro atoms. The molecule has 0 aliphatic carbocycles. The van der Waals surface area contributed by atoms with E-state index in [4.69, 9.17) is 4.74 Å². The lowest BCUT2D eigenvalue weighted by Crippen LogP contribution is -2.28. The molecule has 0 radical (unpaired) electrons. The minimum absolute atomic E-state index is 0.823. The zero-order valence-corrected chi connectivity index (χ0v) is 9.71. The van der Waals surface area contributed by atoms with Gasteiger partial charge in [0.2, 0.25) is 5.52 Å². The Morgan fingerprint density at radius 2 is 1.82 bits per heavy atom. The number of methoxy groups -OCH3 is 1. The Hall–Kier alpha value is -2.23. The quantitative estimate of drug-likeness (QED) is 0.467. The SMILES string of the molecule is COc1ccnc2ccc3ncc[n+](C)c3c12. The number of hydrogen-bond acceptors (Lipinski definition) is 3. The summed E-state index contributed by atoms with van der Waals surface area (Å²) in [5.41, 5.74) is 2.89. The van der Waals surface area contributed by atoms with Gasteiger partial charge in [0.05, 0.1) is 18.8 Å². The van der Waals surface area contributed by atoms with Crippen LogP contribution in [0.5, 0.6) is 5.75 Å². The Labute approximate surface area is 98.5 Å². The standard InChI is InChI=1S/C13H12N3O/c1-16-8-7-15-10-4-3-9-12(13(10)16)11(17-2)5-6-14-9/h3-8H,1-2H3/q+1. The third-order valence-electron chi connectivity index (χ3n) is 2.90. The van der Waals surface area contributed by atoms with Crippen molar-refractivity contribution in [2.75, 3.05) is 7.11 Å². The predicted octanol–water partition coefficient (Wildman–Crippen LogP) is 1.62. The van der Waals surface area contributed by atoms with Gasteiger partial charge in [-0.2, -0.15) is 4.57 Å². The topological polar surface area (TPSA) is 38.9 Å². The molecule has 3 rings (SSSR count). The van der Waals surface area contributed by atoms with Gasteiger partial charge in [0.1, 0.15) is 23.7 Å². The van der Waals surface area contributed by atoms with Gasteiger partial charge in [-0.1, -0.05) is 0 Å². The molecule has 0 aliphatic rings. The summed E-state index contributed by atoms with van der Waals surface area (Å²) in [4.78, 5) is 8.72. The molecule has 17 heavy (non-hydrogen) atoms. The number of fused-ring (bicyclic) bond motifs is 3. The molecule has 1 aromatic carbocycles. The molecule has 0 atom stereocenters. The highest BCUT2D eigenvalue weighted by molar-refractivity contribution is 6.03. The second-order valence-corrected chi connectivity index (χ2v) is 3.88. The van der Waals surface area contributed by atoms with Crippen LogP contribution in [0.1, 0.15) is 0 Å². The van der Waals surface area contributed by atoms with Crippen LogP contribution >= 0.6 is 0 Å². The summed E-state index contributed by atoms with van der Waals surface area (Å²) in [6.07, 6.45) is 5.47. The maximum Gasteiger partial charge on any atom is 0.244 e. The minimum Gasteiger partial charge on any atom is -0.496 e. The number of rotatable bonds is 1. The van der Waals surface area contributed by atoms with E-state index in [9.17, 15) is 0 Å². The molecule has 3 aromatic rings. The summed E-state index contributed by atoms with van der Waals surface area (Å²) in [5, 5.41) is 1.00. The van der Waals surface area contributed by atoms with Gasteiger partial charge in [0, 0.05) is 6.20 Å².